The third-order valence-electron chi connectivity index (χ3n) is 2.72. The van der Waals surface area contributed by atoms with E-state index < -0.39 is 0 Å². The summed E-state index contributed by atoms with van der Waals surface area (Å²) in [6.45, 7) is 0. The summed E-state index contributed by atoms with van der Waals surface area (Å²) < 4.78 is 4.97. The zero-order valence-electron chi connectivity index (χ0n) is 9.21. The Morgan fingerprint density at radius 2 is 1.35 bits per heavy atom. The maximum Gasteiger partial charge on any atom is 0.181 e. The molecule has 0 saturated heterocycles. The molecule has 0 bridgehead atoms. The highest BCUT2D eigenvalue weighted by Crippen LogP contribution is 2.23. The molecule has 0 radical (unpaired) electrons. The van der Waals surface area contributed by atoms with E-state index in [-0.39, 0.29) is 0 Å². The minimum Gasteiger partial charge on any atom is -0.451 e. The van der Waals surface area contributed by atoms with Gasteiger partial charge in [-0.1, -0.05) is 54.6 Å². The molecule has 82 valence electrons. The van der Waals surface area contributed by atoms with Crippen molar-refractivity contribution in [3.05, 3.63) is 67.3 Å². The van der Waals surface area contributed by atoms with E-state index in [1.54, 1.807) is 6.26 Å². The van der Waals surface area contributed by atoms with Gasteiger partial charge in [0.1, 0.15) is 12.0 Å². The van der Waals surface area contributed by atoms with Crippen molar-refractivity contribution in [2.45, 2.75) is 0 Å². The van der Waals surface area contributed by atoms with Crippen LogP contribution in [-0.4, -0.2) is 4.98 Å². The van der Waals surface area contributed by atoms with Crippen LogP contribution in [0.4, 0.5) is 0 Å². The maximum atomic E-state index is 4.97. The van der Waals surface area contributed by atoms with E-state index in [2.05, 4.69) is 41.4 Å². The number of benzene rings is 2. The second-order valence-electron chi connectivity index (χ2n) is 3.82. The molecule has 0 N–H and O–H groups in total. The molecule has 0 aliphatic carbocycles. The van der Waals surface area contributed by atoms with Gasteiger partial charge in [-0.05, 0) is 11.1 Å². The van der Waals surface area contributed by atoms with E-state index in [0.29, 0.717) is 0 Å². The van der Waals surface area contributed by atoms with Crippen molar-refractivity contribution in [2.24, 2.45) is 0 Å². The van der Waals surface area contributed by atoms with Crippen LogP contribution in [0.15, 0.2) is 71.7 Å². The van der Waals surface area contributed by atoms with Crippen molar-refractivity contribution < 1.29 is 4.42 Å². The Bertz CT molecular complexity index is 583. The largest absolute Gasteiger partial charge is 0.451 e. The molecular weight excluding hydrogens is 210 g/mol. The van der Waals surface area contributed by atoms with E-state index in [1.807, 2.05) is 18.2 Å². The van der Waals surface area contributed by atoms with Crippen LogP contribution in [-0.2, 0) is 0 Å². The molecule has 0 atom stereocenters. The average Bonchev–Trinajstić information content (AvgIpc) is 2.94. The summed E-state index contributed by atoms with van der Waals surface area (Å²) in [5.74, 6) is 0. The van der Waals surface area contributed by atoms with Gasteiger partial charge in [-0.2, -0.15) is 0 Å². The van der Waals surface area contributed by atoms with Gasteiger partial charge in [0.05, 0.1) is 0 Å². The van der Waals surface area contributed by atoms with Gasteiger partial charge in [0, 0.05) is 5.56 Å². The lowest BCUT2D eigenvalue weighted by atomic mass is 10.0. The van der Waals surface area contributed by atoms with E-state index in [4.69, 9.17) is 4.42 Å². The first-order chi connectivity index (χ1) is 8.43. The van der Waals surface area contributed by atoms with Crippen molar-refractivity contribution in [2.75, 3.05) is 0 Å². The molecule has 3 aromatic rings. The Hall–Kier alpha value is -2.35. The molecule has 2 heteroatoms. The maximum absolute atomic E-state index is 4.97. The number of nitrogens with zero attached hydrogens (tertiary/aromatic N) is 1. The number of hydrogen-bond donors (Lipinski definition) is 0. The molecule has 0 amide bonds. The average molecular weight is 221 g/mol. The van der Waals surface area contributed by atoms with Crippen LogP contribution < -0.4 is 0 Å². The standard InChI is InChI=1S/C15H11NO/c1-2-4-12(5-3-1)13-6-8-14(9-7-13)15-10-17-11-16-15/h1-11H. The fourth-order valence-electron chi connectivity index (χ4n) is 1.82. The lowest BCUT2D eigenvalue weighted by Crippen LogP contribution is -1.79. The Morgan fingerprint density at radius 3 is 2.00 bits per heavy atom. The molecule has 0 saturated carbocycles. The van der Waals surface area contributed by atoms with Crippen LogP contribution in [0.25, 0.3) is 22.4 Å². The summed E-state index contributed by atoms with van der Waals surface area (Å²) in [7, 11) is 0. The minimum absolute atomic E-state index is 0.865. The summed E-state index contributed by atoms with van der Waals surface area (Å²) in [4.78, 5) is 4.12. The molecule has 1 heterocycles. The lowest BCUT2D eigenvalue weighted by molar-refractivity contribution is 0.558. The van der Waals surface area contributed by atoms with Crippen LogP contribution in [0, 0.1) is 0 Å². The Morgan fingerprint density at radius 1 is 0.706 bits per heavy atom. The third-order valence-corrected chi connectivity index (χ3v) is 2.72. The zero-order valence-corrected chi connectivity index (χ0v) is 9.21. The molecule has 0 fully saturated rings. The summed E-state index contributed by atoms with van der Waals surface area (Å²) in [5, 5.41) is 0. The summed E-state index contributed by atoms with van der Waals surface area (Å²) in [6, 6.07) is 18.6. The van der Waals surface area contributed by atoms with Gasteiger partial charge in [0.15, 0.2) is 6.39 Å². The van der Waals surface area contributed by atoms with E-state index in [1.165, 1.54) is 17.5 Å². The van der Waals surface area contributed by atoms with Crippen LogP contribution in [0.3, 0.4) is 0 Å². The Kier molecular flexibility index (Phi) is 2.47. The predicted octanol–water partition coefficient (Wildman–Crippen LogP) is 4.01. The molecular formula is C15H11NO. The summed E-state index contributed by atoms with van der Waals surface area (Å²) in [6.07, 6.45) is 3.10. The number of hydrogen-bond acceptors (Lipinski definition) is 2. The SMILES string of the molecule is c1ccc(-c2ccc(-c3cocn3)cc2)cc1. The van der Waals surface area contributed by atoms with Crippen molar-refractivity contribution in [1.29, 1.82) is 0 Å². The smallest absolute Gasteiger partial charge is 0.181 e. The Labute approximate surface area is 99.6 Å². The highest BCUT2D eigenvalue weighted by molar-refractivity contribution is 5.68. The van der Waals surface area contributed by atoms with Crippen molar-refractivity contribution in [1.82, 2.24) is 4.98 Å². The Balaban J connectivity index is 1.96. The molecule has 0 aliphatic heterocycles. The highest BCUT2D eigenvalue weighted by atomic mass is 16.3. The first-order valence-corrected chi connectivity index (χ1v) is 5.47. The monoisotopic (exact) mass is 221 g/mol. The number of rotatable bonds is 2. The predicted molar refractivity (Wildman–Crippen MR) is 67.4 cm³/mol. The van der Waals surface area contributed by atoms with Gasteiger partial charge in [0.25, 0.3) is 0 Å². The summed E-state index contributed by atoms with van der Waals surface area (Å²) >= 11 is 0. The van der Waals surface area contributed by atoms with Gasteiger partial charge in [-0.15, -0.1) is 0 Å². The fourth-order valence-corrected chi connectivity index (χ4v) is 1.82. The molecule has 0 spiro atoms. The topological polar surface area (TPSA) is 26.0 Å². The van der Waals surface area contributed by atoms with Gasteiger partial charge in [0.2, 0.25) is 0 Å². The molecule has 17 heavy (non-hydrogen) atoms. The van der Waals surface area contributed by atoms with Crippen LogP contribution in [0.5, 0.6) is 0 Å². The summed E-state index contributed by atoms with van der Waals surface area (Å²) in [5.41, 5.74) is 4.36. The molecule has 0 aliphatic rings. The van der Waals surface area contributed by atoms with E-state index >= 15 is 0 Å². The zero-order chi connectivity index (χ0) is 11.5. The molecule has 2 nitrogen and oxygen atoms in total. The highest BCUT2D eigenvalue weighted by Gasteiger charge is 2.01. The van der Waals surface area contributed by atoms with E-state index in [0.717, 1.165) is 11.3 Å². The second-order valence-corrected chi connectivity index (χ2v) is 3.82. The van der Waals surface area contributed by atoms with E-state index in [9.17, 15) is 0 Å². The van der Waals surface area contributed by atoms with Gasteiger partial charge < -0.3 is 4.42 Å². The van der Waals surface area contributed by atoms with Crippen molar-refractivity contribution in [3.8, 4) is 22.4 Å². The molecule has 3 rings (SSSR count). The van der Waals surface area contributed by atoms with Crippen LogP contribution in [0.1, 0.15) is 0 Å². The van der Waals surface area contributed by atoms with Crippen molar-refractivity contribution >= 4 is 0 Å². The quantitative estimate of drug-likeness (QED) is 0.653. The molecule has 0 unspecified atom stereocenters. The number of aromatic nitrogens is 1. The van der Waals surface area contributed by atoms with Gasteiger partial charge in [-0.3, -0.25) is 0 Å². The first-order valence-electron chi connectivity index (χ1n) is 5.47. The fraction of sp³-hybridized carbons (Fsp3) is 0. The third kappa shape index (κ3) is 1.97. The normalized spacial score (nSPS) is 10.4. The molecule has 2 aromatic carbocycles. The number of oxazole rings is 1. The van der Waals surface area contributed by atoms with Gasteiger partial charge >= 0.3 is 0 Å². The molecule has 1 aromatic heterocycles. The van der Waals surface area contributed by atoms with Crippen LogP contribution >= 0.6 is 0 Å². The van der Waals surface area contributed by atoms with Crippen LogP contribution in [0.2, 0.25) is 0 Å². The van der Waals surface area contributed by atoms with Gasteiger partial charge in [-0.25, -0.2) is 4.98 Å². The minimum atomic E-state index is 0.865. The second kappa shape index (κ2) is 4.26. The lowest BCUT2D eigenvalue weighted by Gasteiger charge is -2.02. The van der Waals surface area contributed by atoms with Crippen molar-refractivity contribution in [3.63, 3.8) is 0 Å². The first kappa shape index (κ1) is 9.85.